The molecule has 1 saturated carbocycles. The molecule has 0 aliphatic heterocycles. The van der Waals surface area contributed by atoms with Gasteiger partial charge in [0, 0.05) is 6.42 Å². The van der Waals surface area contributed by atoms with E-state index in [4.69, 9.17) is 6.42 Å². The van der Waals surface area contributed by atoms with E-state index in [1.54, 1.807) is 0 Å². The zero-order valence-corrected chi connectivity index (χ0v) is 8.18. The molecule has 1 aliphatic carbocycles. The van der Waals surface area contributed by atoms with E-state index in [2.05, 4.69) is 12.8 Å². The van der Waals surface area contributed by atoms with Crippen LogP contribution in [0.3, 0.4) is 0 Å². The summed E-state index contributed by atoms with van der Waals surface area (Å²) in [5, 5.41) is 0. The van der Waals surface area contributed by atoms with Gasteiger partial charge in [0.15, 0.2) is 0 Å². The maximum atomic E-state index is 5.25. The van der Waals surface area contributed by atoms with Gasteiger partial charge in [-0.3, -0.25) is 0 Å². The monoisotopic (exact) mass is 164 g/mol. The first-order valence-electron chi connectivity index (χ1n) is 5.30. The number of rotatable bonds is 3. The second kappa shape index (κ2) is 5.25. The van der Waals surface area contributed by atoms with Gasteiger partial charge in [-0.2, -0.15) is 0 Å². The molecule has 0 heteroatoms. The topological polar surface area (TPSA) is 0 Å². The van der Waals surface area contributed by atoms with Crippen molar-refractivity contribution in [3.05, 3.63) is 0 Å². The molecule has 68 valence electrons. The van der Waals surface area contributed by atoms with Crippen LogP contribution < -0.4 is 0 Å². The lowest BCUT2D eigenvalue weighted by molar-refractivity contribution is 0.260. The molecule has 1 rings (SSSR count). The summed E-state index contributed by atoms with van der Waals surface area (Å²) in [5.41, 5.74) is 0. The molecule has 0 bridgehead atoms. The van der Waals surface area contributed by atoms with E-state index in [0.29, 0.717) is 0 Å². The standard InChI is InChI=1S/C12H20/c1-3-5-6-12-9-7-11(4-2)8-10-12/h1,11-12H,4-10H2,2H3. The third kappa shape index (κ3) is 2.89. The van der Waals surface area contributed by atoms with Gasteiger partial charge in [0.2, 0.25) is 0 Å². The second-order valence-corrected chi connectivity index (χ2v) is 4.04. The highest BCUT2D eigenvalue weighted by atomic mass is 14.2. The largest absolute Gasteiger partial charge is 0.120 e. The summed E-state index contributed by atoms with van der Waals surface area (Å²) in [5.74, 6) is 4.71. The molecular formula is C12H20. The average Bonchev–Trinajstić information content (AvgIpc) is 2.15. The van der Waals surface area contributed by atoms with Crippen LogP contribution in [0.25, 0.3) is 0 Å². The molecule has 0 aromatic rings. The molecule has 0 heterocycles. The lowest BCUT2D eigenvalue weighted by atomic mass is 9.79. The number of terminal acetylenes is 1. The third-order valence-electron chi connectivity index (χ3n) is 3.24. The van der Waals surface area contributed by atoms with Gasteiger partial charge in [-0.05, 0) is 18.3 Å². The quantitative estimate of drug-likeness (QED) is 0.559. The van der Waals surface area contributed by atoms with Crippen LogP contribution in [0.2, 0.25) is 0 Å². The Morgan fingerprint density at radius 3 is 2.25 bits per heavy atom. The van der Waals surface area contributed by atoms with Crippen molar-refractivity contribution in [3.63, 3.8) is 0 Å². The third-order valence-corrected chi connectivity index (χ3v) is 3.24. The Balaban J connectivity index is 2.14. The zero-order chi connectivity index (χ0) is 8.81. The van der Waals surface area contributed by atoms with Gasteiger partial charge >= 0.3 is 0 Å². The summed E-state index contributed by atoms with van der Waals surface area (Å²) in [6.45, 7) is 2.31. The summed E-state index contributed by atoms with van der Waals surface area (Å²) in [7, 11) is 0. The molecule has 0 aromatic heterocycles. The van der Waals surface area contributed by atoms with E-state index < -0.39 is 0 Å². The first-order valence-corrected chi connectivity index (χ1v) is 5.30. The Hall–Kier alpha value is -0.440. The maximum Gasteiger partial charge on any atom is 0.00886 e. The highest BCUT2D eigenvalue weighted by molar-refractivity contribution is 4.85. The molecule has 0 spiro atoms. The average molecular weight is 164 g/mol. The fraction of sp³-hybridized carbons (Fsp3) is 0.833. The zero-order valence-electron chi connectivity index (χ0n) is 8.18. The molecule has 0 nitrogen and oxygen atoms in total. The molecule has 1 fully saturated rings. The SMILES string of the molecule is C#CCCC1CCC(CC)CC1. The van der Waals surface area contributed by atoms with Crippen molar-refractivity contribution in [2.24, 2.45) is 11.8 Å². The summed E-state index contributed by atoms with van der Waals surface area (Å²) in [6.07, 6.45) is 14.6. The predicted octanol–water partition coefficient (Wildman–Crippen LogP) is 3.62. The van der Waals surface area contributed by atoms with Crippen molar-refractivity contribution in [2.75, 3.05) is 0 Å². The van der Waals surface area contributed by atoms with Crippen LogP contribution in [0.5, 0.6) is 0 Å². The number of hydrogen-bond donors (Lipinski definition) is 0. The van der Waals surface area contributed by atoms with Gasteiger partial charge in [-0.25, -0.2) is 0 Å². The second-order valence-electron chi connectivity index (χ2n) is 4.04. The van der Waals surface area contributed by atoms with E-state index >= 15 is 0 Å². The summed E-state index contributed by atoms with van der Waals surface area (Å²) in [6, 6.07) is 0. The van der Waals surface area contributed by atoms with E-state index in [9.17, 15) is 0 Å². The molecular weight excluding hydrogens is 144 g/mol. The minimum absolute atomic E-state index is 0.948. The minimum atomic E-state index is 0.948. The van der Waals surface area contributed by atoms with E-state index in [1.165, 1.54) is 38.5 Å². The Morgan fingerprint density at radius 1 is 1.17 bits per heavy atom. The first kappa shape index (κ1) is 9.65. The van der Waals surface area contributed by atoms with Gasteiger partial charge in [-0.15, -0.1) is 12.3 Å². The van der Waals surface area contributed by atoms with Crippen molar-refractivity contribution >= 4 is 0 Å². The Kier molecular flexibility index (Phi) is 4.22. The highest BCUT2D eigenvalue weighted by Crippen LogP contribution is 2.32. The Labute approximate surface area is 76.7 Å². The molecule has 0 radical (unpaired) electrons. The molecule has 1 aliphatic rings. The van der Waals surface area contributed by atoms with Crippen LogP contribution >= 0.6 is 0 Å². The first-order chi connectivity index (χ1) is 5.86. The van der Waals surface area contributed by atoms with E-state index in [-0.39, 0.29) is 0 Å². The van der Waals surface area contributed by atoms with E-state index in [0.717, 1.165) is 18.3 Å². The van der Waals surface area contributed by atoms with Crippen LogP contribution in [0.15, 0.2) is 0 Å². The van der Waals surface area contributed by atoms with Crippen LogP contribution in [0, 0.1) is 24.2 Å². The van der Waals surface area contributed by atoms with Gasteiger partial charge in [-0.1, -0.05) is 39.0 Å². The normalized spacial score (nSPS) is 29.7. The molecule has 12 heavy (non-hydrogen) atoms. The van der Waals surface area contributed by atoms with Crippen molar-refractivity contribution in [1.82, 2.24) is 0 Å². The van der Waals surface area contributed by atoms with Gasteiger partial charge in [0.1, 0.15) is 0 Å². The lowest BCUT2D eigenvalue weighted by Gasteiger charge is -2.27. The van der Waals surface area contributed by atoms with Gasteiger partial charge in [0.05, 0.1) is 0 Å². The maximum absolute atomic E-state index is 5.25. The van der Waals surface area contributed by atoms with Crippen LogP contribution in [-0.4, -0.2) is 0 Å². The minimum Gasteiger partial charge on any atom is -0.120 e. The molecule has 0 amide bonds. The molecule has 0 N–H and O–H groups in total. The van der Waals surface area contributed by atoms with Crippen LogP contribution in [0.1, 0.15) is 51.9 Å². The number of hydrogen-bond acceptors (Lipinski definition) is 0. The van der Waals surface area contributed by atoms with Gasteiger partial charge in [0.25, 0.3) is 0 Å². The molecule has 0 saturated heterocycles. The van der Waals surface area contributed by atoms with Crippen molar-refractivity contribution in [2.45, 2.75) is 51.9 Å². The van der Waals surface area contributed by atoms with Crippen LogP contribution in [0.4, 0.5) is 0 Å². The summed E-state index contributed by atoms with van der Waals surface area (Å²) < 4.78 is 0. The van der Waals surface area contributed by atoms with Crippen molar-refractivity contribution in [1.29, 1.82) is 0 Å². The summed E-state index contributed by atoms with van der Waals surface area (Å²) in [4.78, 5) is 0. The van der Waals surface area contributed by atoms with Crippen LogP contribution in [-0.2, 0) is 0 Å². The highest BCUT2D eigenvalue weighted by Gasteiger charge is 2.18. The van der Waals surface area contributed by atoms with Gasteiger partial charge < -0.3 is 0 Å². The van der Waals surface area contributed by atoms with Crippen molar-refractivity contribution < 1.29 is 0 Å². The fourth-order valence-corrected chi connectivity index (χ4v) is 2.22. The smallest absolute Gasteiger partial charge is 0.00886 e. The van der Waals surface area contributed by atoms with E-state index in [1.807, 2.05) is 0 Å². The molecule has 0 atom stereocenters. The van der Waals surface area contributed by atoms with Crippen molar-refractivity contribution in [3.8, 4) is 12.3 Å². The Bertz CT molecular complexity index is 144. The lowest BCUT2D eigenvalue weighted by Crippen LogP contribution is -2.13. The summed E-state index contributed by atoms with van der Waals surface area (Å²) >= 11 is 0. The fourth-order valence-electron chi connectivity index (χ4n) is 2.22. The molecule has 0 aromatic carbocycles. The predicted molar refractivity (Wildman–Crippen MR) is 53.8 cm³/mol. The molecule has 0 unspecified atom stereocenters. The Morgan fingerprint density at radius 2 is 1.75 bits per heavy atom.